The maximum absolute atomic E-state index is 11.8. The molecular weight excluding hydrogens is 270 g/mol. The number of amides is 1. The van der Waals surface area contributed by atoms with Crippen LogP contribution >= 0.6 is 23.1 Å². The summed E-state index contributed by atoms with van der Waals surface area (Å²) in [5.41, 5.74) is 5.55. The normalized spacial score (nSPS) is 15.9. The Morgan fingerprint density at radius 2 is 2.33 bits per heavy atom. The molecule has 0 unspecified atom stereocenters. The van der Waals surface area contributed by atoms with Gasteiger partial charge < -0.3 is 15.4 Å². The zero-order chi connectivity index (χ0) is 12.8. The predicted octanol–water partition coefficient (Wildman–Crippen LogP) is 1.46. The summed E-state index contributed by atoms with van der Waals surface area (Å²) in [4.78, 5) is 17.7. The maximum atomic E-state index is 11.8. The van der Waals surface area contributed by atoms with E-state index in [1.807, 2.05) is 4.90 Å². The van der Waals surface area contributed by atoms with Crippen molar-refractivity contribution < 1.29 is 9.53 Å². The van der Waals surface area contributed by atoms with Crippen molar-refractivity contribution in [2.45, 2.75) is 17.1 Å². The molecule has 1 aromatic rings. The van der Waals surface area contributed by atoms with Gasteiger partial charge in [0.15, 0.2) is 5.13 Å². The first-order valence-electron chi connectivity index (χ1n) is 5.95. The standard InChI is InChI=1S/C11H17N3O2S2/c12-11-13-8-10(18-11)17-7-1-2-9(15)14-3-5-16-6-4-14/h8H,1-7H2,(H2,12,13). The molecule has 5 nitrogen and oxygen atoms in total. The van der Waals surface area contributed by atoms with Gasteiger partial charge in [-0.3, -0.25) is 4.79 Å². The number of nitrogen functional groups attached to an aromatic ring is 1. The third kappa shape index (κ3) is 4.15. The van der Waals surface area contributed by atoms with Crippen LogP contribution in [0.25, 0.3) is 0 Å². The fourth-order valence-corrected chi connectivity index (χ4v) is 3.48. The lowest BCUT2D eigenvalue weighted by molar-refractivity contribution is -0.135. The molecular formula is C11H17N3O2S2. The van der Waals surface area contributed by atoms with E-state index in [-0.39, 0.29) is 5.91 Å². The summed E-state index contributed by atoms with van der Waals surface area (Å²) in [5.74, 6) is 1.17. The van der Waals surface area contributed by atoms with Crippen LogP contribution in [0.1, 0.15) is 12.8 Å². The molecule has 2 N–H and O–H groups in total. The van der Waals surface area contributed by atoms with E-state index in [0.29, 0.717) is 24.8 Å². The van der Waals surface area contributed by atoms with E-state index in [1.165, 1.54) is 11.3 Å². The highest BCUT2D eigenvalue weighted by Gasteiger charge is 2.15. The number of carbonyl (C=O) groups is 1. The van der Waals surface area contributed by atoms with E-state index in [1.54, 1.807) is 18.0 Å². The number of rotatable bonds is 5. The lowest BCUT2D eigenvalue weighted by Crippen LogP contribution is -2.40. The Morgan fingerprint density at radius 3 is 3.00 bits per heavy atom. The van der Waals surface area contributed by atoms with Crippen molar-refractivity contribution in [3.63, 3.8) is 0 Å². The van der Waals surface area contributed by atoms with Gasteiger partial charge in [0.05, 0.1) is 23.6 Å². The van der Waals surface area contributed by atoms with Gasteiger partial charge in [0.2, 0.25) is 5.91 Å². The Hall–Kier alpha value is -0.790. The fraction of sp³-hybridized carbons (Fsp3) is 0.636. The van der Waals surface area contributed by atoms with Crippen LogP contribution in [0, 0.1) is 0 Å². The summed E-state index contributed by atoms with van der Waals surface area (Å²) in [6.45, 7) is 2.80. The Balaban J connectivity index is 1.61. The minimum atomic E-state index is 0.239. The molecule has 1 saturated heterocycles. The fourth-order valence-electron chi connectivity index (χ4n) is 1.71. The second kappa shape index (κ2) is 6.96. The zero-order valence-corrected chi connectivity index (χ0v) is 11.8. The molecule has 0 bridgehead atoms. The number of thiazole rings is 1. The summed E-state index contributed by atoms with van der Waals surface area (Å²) in [7, 11) is 0. The van der Waals surface area contributed by atoms with Crippen LogP contribution in [0.4, 0.5) is 5.13 Å². The Morgan fingerprint density at radius 1 is 1.56 bits per heavy atom. The second-order valence-corrected chi connectivity index (χ2v) is 6.42. The Labute approximate surface area is 115 Å². The molecule has 100 valence electrons. The highest BCUT2D eigenvalue weighted by molar-refractivity contribution is 8.01. The van der Waals surface area contributed by atoms with E-state index in [4.69, 9.17) is 10.5 Å². The molecule has 1 aromatic heterocycles. The molecule has 1 aliphatic heterocycles. The van der Waals surface area contributed by atoms with Crippen LogP contribution in [0.2, 0.25) is 0 Å². The number of nitrogens with two attached hydrogens (primary N) is 1. The predicted molar refractivity (Wildman–Crippen MR) is 73.9 cm³/mol. The van der Waals surface area contributed by atoms with Gasteiger partial charge in [-0.25, -0.2) is 4.98 Å². The molecule has 7 heteroatoms. The molecule has 1 amide bonds. The first-order chi connectivity index (χ1) is 8.75. The number of aromatic nitrogens is 1. The van der Waals surface area contributed by atoms with Gasteiger partial charge >= 0.3 is 0 Å². The van der Waals surface area contributed by atoms with Gasteiger partial charge in [-0.15, -0.1) is 11.8 Å². The number of anilines is 1. The lowest BCUT2D eigenvalue weighted by atomic mass is 10.3. The summed E-state index contributed by atoms with van der Waals surface area (Å²) in [6.07, 6.45) is 3.29. The van der Waals surface area contributed by atoms with Crippen LogP contribution in [0.5, 0.6) is 0 Å². The molecule has 0 saturated carbocycles. The van der Waals surface area contributed by atoms with Gasteiger partial charge in [0, 0.05) is 19.5 Å². The van der Waals surface area contributed by atoms with Crippen molar-refractivity contribution in [3.05, 3.63) is 6.20 Å². The smallest absolute Gasteiger partial charge is 0.222 e. The SMILES string of the molecule is Nc1ncc(SCCCC(=O)N2CCOCC2)s1. The molecule has 0 aliphatic carbocycles. The quantitative estimate of drug-likeness (QED) is 0.656. The van der Waals surface area contributed by atoms with E-state index in [9.17, 15) is 4.79 Å². The maximum Gasteiger partial charge on any atom is 0.222 e. The first-order valence-corrected chi connectivity index (χ1v) is 7.75. The van der Waals surface area contributed by atoms with Crippen molar-refractivity contribution in [2.24, 2.45) is 0 Å². The highest BCUT2D eigenvalue weighted by Crippen LogP contribution is 2.27. The van der Waals surface area contributed by atoms with Gasteiger partial charge in [0.25, 0.3) is 0 Å². The van der Waals surface area contributed by atoms with Crippen LogP contribution < -0.4 is 5.73 Å². The average molecular weight is 287 g/mol. The van der Waals surface area contributed by atoms with Crippen LogP contribution in [-0.2, 0) is 9.53 Å². The summed E-state index contributed by atoms with van der Waals surface area (Å²) < 4.78 is 6.34. The van der Waals surface area contributed by atoms with Gasteiger partial charge in [-0.1, -0.05) is 11.3 Å². The van der Waals surface area contributed by atoms with Crippen LogP contribution in [0.15, 0.2) is 10.4 Å². The third-order valence-corrected chi connectivity index (χ3v) is 4.75. The number of hydrogen-bond acceptors (Lipinski definition) is 6. The molecule has 18 heavy (non-hydrogen) atoms. The summed E-state index contributed by atoms with van der Waals surface area (Å²) in [5, 5.41) is 0.599. The highest BCUT2D eigenvalue weighted by atomic mass is 32.2. The van der Waals surface area contributed by atoms with E-state index in [2.05, 4.69) is 4.98 Å². The van der Waals surface area contributed by atoms with Crippen LogP contribution in [-0.4, -0.2) is 47.8 Å². The molecule has 1 fully saturated rings. The zero-order valence-electron chi connectivity index (χ0n) is 10.1. The minimum Gasteiger partial charge on any atom is -0.378 e. The molecule has 0 atom stereocenters. The minimum absolute atomic E-state index is 0.239. The first kappa shape index (κ1) is 13.6. The molecule has 0 radical (unpaired) electrons. The van der Waals surface area contributed by atoms with Crippen LogP contribution in [0.3, 0.4) is 0 Å². The number of morpholine rings is 1. The van der Waals surface area contributed by atoms with Gasteiger partial charge in [0.1, 0.15) is 0 Å². The Bertz CT molecular complexity index is 391. The number of carbonyl (C=O) groups excluding carboxylic acids is 1. The third-order valence-electron chi connectivity index (χ3n) is 2.65. The molecule has 1 aliphatic rings. The average Bonchev–Trinajstić information content (AvgIpc) is 2.81. The van der Waals surface area contributed by atoms with Gasteiger partial charge in [-0.05, 0) is 12.2 Å². The molecule has 0 spiro atoms. The number of nitrogens with zero attached hydrogens (tertiary/aromatic N) is 2. The lowest BCUT2D eigenvalue weighted by Gasteiger charge is -2.26. The van der Waals surface area contributed by atoms with Crippen molar-refractivity contribution in [3.8, 4) is 0 Å². The largest absolute Gasteiger partial charge is 0.378 e. The summed E-state index contributed by atoms with van der Waals surface area (Å²) in [6, 6.07) is 0. The van der Waals surface area contributed by atoms with Crippen molar-refractivity contribution in [1.82, 2.24) is 9.88 Å². The van der Waals surface area contributed by atoms with Crippen molar-refractivity contribution >= 4 is 34.1 Å². The van der Waals surface area contributed by atoms with E-state index in [0.717, 1.165) is 29.5 Å². The number of hydrogen-bond donors (Lipinski definition) is 1. The topological polar surface area (TPSA) is 68.5 Å². The summed E-state index contributed by atoms with van der Waals surface area (Å²) >= 11 is 3.20. The molecule has 2 rings (SSSR count). The monoisotopic (exact) mass is 287 g/mol. The Kier molecular flexibility index (Phi) is 5.27. The molecule has 0 aromatic carbocycles. The number of thioether (sulfide) groups is 1. The van der Waals surface area contributed by atoms with Crippen molar-refractivity contribution in [2.75, 3.05) is 37.8 Å². The van der Waals surface area contributed by atoms with E-state index < -0.39 is 0 Å². The van der Waals surface area contributed by atoms with Crippen molar-refractivity contribution in [1.29, 1.82) is 0 Å². The number of ether oxygens (including phenoxy) is 1. The molecule has 2 heterocycles. The second-order valence-electron chi connectivity index (χ2n) is 3.96. The van der Waals surface area contributed by atoms with Gasteiger partial charge in [-0.2, -0.15) is 0 Å². The van der Waals surface area contributed by atoms with E-state index >= 15 is 0 Å².